The maximum absolute atomic E-state index is 13.7. The topological polar surface area (TPSA) is 101 Å². The minimum absolute atomic E-state index is 0.111. The van der Waals surface area contributed by atoms with Crippen LogP contribution in [0.3, 0.4) is 0 Å². The molecule has 1 saturated carbocycles. The monoisotopic (exact) mass is 515 g/mol. The summed E-state index contributed by atoms with van der Waals surface area (Å²) < 4.78 is 15.8. The first-order valence-electron chi connectivity index (χ1n) is 12.3. The predicted octanol–water partition coefficient (Wildman–Crippen LogP) is 3.27. The van der Waals surface area contributed by atoms with E-state index in [9.17, 15) is 9.65 Å². The lowest BCUT2D eigenvalue weighted by molar-refractivity contribution is 0.153. The Morgan fingerprint density at radius 1 is 1.00 bits per heavy atom. The summed E-state index contributed by atoms with van der Waals surface area (Å²) >= 11 is 6.38. The number of hydrogen-bond donors (Lipinski definition) is 0. The fourth-order valence-electron chi connectivity index (χ4n) is 5.97. The average molecular weight is 516 g/mol. The van der Waals surface area contributed by atoms with E-state index in [4.69, 9.17) is 16.9 Å². The van der Waals surface area contributed by atoms with Crippen LogP contribution < -0.4 is 9.80 Å². The summed E-state index contributed by atoms with van der Waals surface area (Å²) in [7, 11) is 0. The molecule has 0 bridgehead atoms. The van der Waals surface area contributed by atoms with Crippen LogP contribution in [-0.4, -0.2) is 57.4 Å². The first-order chi connectivity index (χ1) is 17.9. The van der Waals surface area contributed by atoms with E-state index in [2.05, 4.69) is 40.5 Å². The van der Waals surface area contributed by atoms with E-state index in [0.29, 0.717) is 30.5 Å². The molecule has 0 unspecified atom stereocenters. The summed E-state index contributed by atoms with van der Waals surface area (Å²) in [4.78, 5) is 10.8. The van der Waals surface area contributed by atoms with E-state index in [0.717, 1.165) is 62.0 Å². The Morgan fingerprint density at radius 2 is 1.78 bits per heavy atom. The zero-order chi connectivity index (χ0) is 25.4. The van der Waals surface area contributed by atoms with Crippen molar-refractivity contribution in [3.05, 3.63) is 58.3 Å². The lowest BCUT2D eigenvalue weighted by Gasteiger charge is -2.60. The number of benzene rings is 1. The summed E-state index contributed by atoms with van der Waals surface area (Å²) in [5.41, 5.74) is 1.82. The quantitative estimate of drug-likeness (QED) is 0.522. The van der Waals surface area contributed by atoms with Crippen LogP contribution in [0.5, 0.6) is 0 Å². The van der Waals surface area contributed by atoms with Crippen molar-refractivity contribution in [2.75, 3.05) is 42.5 Å². The Hall–Kier alpha value is -3.73. The molecule has 11 heteroatoms. The highest BCUT2D eigenvalue weighted by molar-refractivity contribution is 6.30. The number of halogens is 2. The van der Waals surface area contributed by atoms with Crippen molar-refractivity contribution in [3.8, 4) is 17.8 Å². The summed E-state index contributed by atoms with van der Waals surface area (Å²) in [5.74, 6) is 1.72. The molecule has 3 aromatic rings. The van der Waals surface area contributed by atoms with Crippen molar-refractivity contribution in [1.82, 2.24) is 24.6 Å². The normalized spacial score (nSPS) is 20.6. The van der Waals surface area contributed by atoms with Gasteiger partial charge in [0.2, 0.25) is 5.95 Å². The molecule has 1 aromatic carbocycles. The second-order valence-electron chi connectivity index (χ2n) is 10.9. The molecule has 9 nitrogen and oxygen atoms in total. The minimum atomic E-state index is -0.594. The Morgan fingerprint density at radius 3 is 2.51 bits per heavy atom. The van der Waals surface area contributed by atoms with Crippen LogP contribution in [0.1, 0.15) is 29.9 Å². The lowest BCUT2D eigenvalue weighted by atomic mass is 9.73. The number of nitriles is 2. The molecule has 0 amide bonds. The van der Waals surface area contributed by atoms with Crippen LogP contribution in [0.4, 0.5) is 16.2 Å². The van der Waals surface area contributed by atoms with Crippen LogP contribution in [0.15, 0.2) is 30.3 Å². The first kappa shape index (κ1) is 22.5. The van der Waals surface area contributed by atoms with Crippen molar-refractivity contribution in [2.24, 2.45) is 10.8 Å². The fraction of sp³-hybridized carbons (Fsp3) is 0.423. The van der Waals surface area contributed by atoms with Gasteiger partial charge in [0.15, 0.2) is 17.3 Å². The SMILES string of the molecule is N#Cc1nc(N2CC3(C2)CN(c2nnc4n2-c2ccc(Cl)cc2CN(CC2(C#N)CC2)C4)C3)ccc1F. The van der Waals surface area contributed by atoms with Gasteiger partial charge in [-0.15, -0.1) is 10.2 Å². The lowest BCUT2D eigenvalue weighted by Crippen LogP contribution is -2.73. The smallest absolute Gasteiger partial charge is 0.231 e. The van der Waals surface area contributed by atoms with Crippen molar-refractivity contribution in [1.29, 1.82) is 10.5 Å². The molecule has 3 aliphatic heterocycles. The van der Waals surface area contributed by atoms with Crippen molar-refractivity contribution in [3.63, 3.8) is 0 Å². The minimum Gasteiger partial charge on any atom is -0.355 e. The molecule has 37 heavy (non-hydrogen) atoms. The van der Waals surface area contributed by atoms with E-state index in [-0.39, 0.29) is 16.5 Å². The van der Waals surface area contributed by atoms with Crippen molar-refractivity contribution < 1.29 is 4.39 Å². The third-order valence-corrected chi connectivity index (χ3v) is 8.26. The second-order valence-corrected chi connectivity index (χ2v) is 11.3. The van der Waals surface area contributed by atoms with Crippen LogP contribution >= 0.6 is 11.6 Å². The molecule has 7 rings (SSSR count). The van der Waals surface area contributed by atoms with Gasteiger partial charge < -0.3 is 9.80 Å². The van der Waals surface area contributed by atoms with Gasteiger partial charge in [0.25, 0.3) is 0 Å². The van der Waals surface area contributed by atoms with Crippen molar-refractivity contribution >= 4 is 23.4 Å². The summed E-state index contributed by atoms with van der Waals surface area (Å²) in [5, 5.41) is 28.6. The van der Waals surface area contributed by atoms with Crippen LogP contribution in [0, 0.1) is 39.3 Å². The van der Waals surface area contributed by atoms with Gasteiger partial charge in [-0.2, -0.15) is 10.5 Å². The van der Waals surface area contributed by atoms with E-state index in [1.165, 1.54) is 6.07 Å². The summed E-state index contributed by atoms with van der Waals surface area (Å²) in [6, 6.07) is 13.2. The van der Waals surface area contributed by atoms with Gasteiger partial charge in [-0.1, -0.05) is 11.6 Å². The highest BCUT2D eigenvalue weighted by atomic mass is 35.5. The van der Waals surface area contributed by atoms with Gasteiger partial charge >= 0.3 is 0 Å². The second kappa shape index (κ2) is 7.88. The van der Waals surface area contributed by atoms with Crippen LogP contribution in [-0.2, 0) is 13.1 Å². The van der Waals surface area contributed by atoms with Gasteiger partial charge in [0, 0.05) is 49.7 Å². The number of hydrogen-bond acceptors (Lipinski definition) is 8. The van der Waals surface area contributed by atoms with Crippen molar-refractivity contribution in [2.45, 2.75) is 25.9 Å². The van der Waals surface area contributed by atoms with E-state index in [1.807, 2.05) is 24.3 Å². The van der Waals surface area contributed by atoms with Gasteiger partial charge in [-0.25, -0.2) is 9.37 Å². The Balaban J connectivity index is 1.12. The molecule has 3 fully saturated rings. The molecule has 0 N–H and O–H groups in total. The first-order valence-corrected chi connectivity index (χ1v) is 12.7. The number of rotatable bonds is 4. The molecule has 1 spiro atoms. The third kappa shape index (κ3) is 3.63. The Bertz CT molecular complexity index is 1500. The molecule has 2 saturated heterocycles. The number of anilines is 2. The zero-order valence-electron chi connectivity index (χ0n) is 20.0. The zero-order valence-corrected chi connectivity index (χ0v) is 20.8. The van der Waals surface area contributed by atoms with Gasteiger partial charge in [-0.05, 0) is 48.7 Å². The molecular formula is C26H23ClFN9. The Kier molecular flexibility index (Phi) is 4.79. The molecule has 0 radical (unpaired) electrons. The number of pyridine rings is 1. The van der Waals surface area contributed by atoms with E-state index >= 15 is 0 Å². The van der Waals surface area contributed by atoms with E-state index < -0.39 is 5.82 Å². The van der Waals surface area contributed by atoms with Gasteiger partial charge in [0.05, 0.1) is 23.7 Å². The average Bonchev–Trinajstić information content (AvgIpc) is 3.53. The number of aromatic nitrogens is 4. The van der Waals surface area contributed by atoms with Crippen LogP contribution in [0.2, 0.25) is 5.02 Å². The summed E-state index contributed by atoms with van der Waals surface area (Å²) in [6.07, 6.45) is 1.89. The van der Waals surface area contributed by atoms with E-state index in [1.54, 1.807) is 6.07 Å². The largest absolute Gasteiger partial charge is 0.355 e. The predicted molar refractivity (Wildman–Crippen MR) is 134 cm³/mol. The molecule has 0 atom stereocenters. The summed E-state index contributed by atoms with van der Waals surface area (Å²) in [6.45, 7) is 5.29. The Labute approximate surface area is 218 Å². The molecular weight excluding hydrogens is 493 g/mol. The van der Waals surface area contributed by atoms with Crippen LogP contribution in [0.25, 0.3) is 5.69 Å². The number of fused-ring (bicyclic) bond motifs is 3. The molecule has 1 aliphatic carbocycles. The highest BCUT2D eigenvalue weighted by Gasteiger charge is 2.53. The standard InChI is InChI=1S/C26H23ClFN9/c27-18-1-3-21-17(7-18)9-34(12-25(11-30)5-6-25)10-23-32-33-24(37(21)23)36-15-26(16-36)13-35(14-26)22-4-2-19(28)20(8-29)31-22/h1-4,7H,5-6,9-10,12-16H2. The number of nitrogens with zero attached hydrogens (tertiary/aromatic N) is 9. The maximum atomic E-state index is 13.7. The molecule has 2 aromatic heterocycles. The molecule has 4 aliphatic rings. The van der Waals surface area contributed by atoms with Gasteiger partial charge in [0.1, 0.15) is 11.9 Å². The third-order valence-electron chi connectivity index (χ3n) is 8.02. The molecule has 5 heterocycles. The fourth-order valence-corrected chi connectivity index (χ4v) is 6.16. The maximum Gasteiger partial charge on any atom is 0.231 e. The highest BCUT2D eigenvalue weighted by Crippen LogP contribution is 2.47. The van der Waals surface area contributed by atoms with Gasteiger partial charge in [-0.3, -0.25) is 9.47 Å². The molecule has 186 valence electrons.